The Labute approximate surface area is 203 Å². The molecule has 2 aliphatic rings. The number of hydrogen-bond donors (Lipinski definition) is 1. The van der Waals surface area contributed by atoms with E-state index in [0.717, 1.165) is 27.0 Å². The van der Waals surface area contributed by atoms with Crippen molar-refractivity contribution in [2.24, 2.45) is 0 Å². The lowest BCUT2D eigenvalue weighted by atomic mass is 9.94. The highest BCUT2D eigenvalue weighted by atomic mass is 32.2. The second-order valence-corrected chi connectivity index (χ2v) is 9.80. The van der Waals surface area contributed by atoms with Crippen LogP contribution in [0.1, 0.15) is 47.1 Å². The Hall–Kier alpha value is -3.40. The van der Waals surface area contributed by atoms with E-state index in [2.05, 4.69) is 0 Å². The van der Waals surface area contributed by atoms with Gasteiger partial charge in [0, 0.05) is 29.8 Å². The molecular weight excluding hydrogens is 479 g/mol. The molecule has 10 heteroatoms. The Morgan fingerprint density at radius 3 is 2.60 bits per heavy atom. The Bertz CT molecular complexity index is 1390. The molecule has 2 atom stereocenters. The maximum atomic E-state index is 14.5. The summed E-state index contributed by atoms with van der Waals surface area (Å²) in [5, 5.41) is 12.2. The molecule has 0 fully saturated rings. The van der Waals surface area contributed by atoms with Crippen LogP contribution in [0.5, 0.6) is 5.75 Å². The highest BCUT2D eigenvalue weighted by Gasteiger charge is 2.45. The van der Waals surface area contributed by atoms with Gasteiger partial charge >= 0.3 is 0 Å². The fourth-order valence-electron chi connectivity index (χ4n) is 4.57. The van der Waals surface area contributed by atoms with Crippen LogP contribution in [0.3, 0.4) is 0 Å². The van der Waals surface area contributed by atoms with Crippen LogP contribution < -0.4 is 10.4 Å². The van der Waals surface area contributed by atoms with Gasteiger partial charge in [-0.25, -0.2) is 13.2 Å². The SMILES string of the molecule is C[C@@H](N1CN([C@H]2c3ccccc3CSc3ccc(F)cc32)n2ccc(=O)c(O)c2C1=O)C(C)(F)F. The van der Waals surface area contributed by atoms with Gasteiger partial charge in [-0.3, -0.25) is 19.3 Å². The lowest BCUT2D eigenvalue weighted by Crippen LogP contribution is -2.60. The van der Waals surface area contributed by atoms with Gasteiger partial charge in [0.1, 0.15) is 12.5 Å². The third-order valence-electron chi connectivity index (χ3n) is 6.59. The summed E-state index contributed by atoms with van der Waals surface area (Å²) in [6.45, 7) is 1.65. The zero-order valence-electron chi connectivity index (χ0n) is 18.9. The van der Waals surface area contributed by atoms with Crippen LogP contribution >= 0.6 is 11.8 Å². The summed E-state index contributed by atoms with van der Waals surface area (Å²) in [6, 6.07) is 10.8. The summed E-state index contributed by atoms with van der Waals surface area (Å²) in [4.78, 5) is 27.3. The summed E-state index contributed by atoms with van der Waals surface area (Å²) in [7, 11) is 0. The summed E-state index contributed by atoms with van der Waals surface area (Å²) < 4.78 is 44.6. The zero-order chi connectivity index (χ0) is 25.1. The first-order chi connectivity index (χ1) is 16.6. The average Bonchev–Trinajstić information content (AvgIpc) is 2.97. The molecule has 0 bridgehead atoms. The van der Waals surface area contributed by atoms with Crippen molar-refractivity contribution in [1.29, 1.82) is 0 Å². The number of halogens is 3. The number of alkyl halides is 2. The number of pyridine rings is 1. The number of nitrogens with zero attached hydrogens (tertiary/aromatic N) is 3. The standard InChI is InChI=1S/C25H22F3N3O3S/c1-14(25(2,27)28)29-13-31(30-10-9-19(32)23(33)22(30)24(29)34)21-17-6-4-3-5-15(17)12-35-20-8-7-16(26)11-18(20)21/h3-11,14,21,33H,12-13H2,1-2H3/t14-,21+/m1/s1. The lowest BCUT2D eigenvalue weighted by Gasteiger charge is -2.46. The van der Waals surface area contributed by atoms with E-state index in [4.69, 9.17) is 0 Å². The predicted molar refractivity (Wildman–Crippen MR) is 126 cm³/mol. The van der Waals surface area contributed by atoms with Crippen molar-refractivity contribution < 1.29 is 23.1 Å². The first-order valence-corrected chi connectivity index (χ1v) is 12.0. The minimum absolute atomic E-state index is 0.279. The van der Waals surface area contributed by atoms with Gasteiger partial charge in [0.15, 0.2) is 11.4 Å². The average molecular weight is 502 g/mol. The summed E-state index contributed by atoms with van der Waals surface area (Å²) in [5.41, 5.74) is 1.15. The molecule has 0 spiro atoms. The smallest absolute Gasteiger partial charge is 0.278 e. The molecule has 1 amide bonds. The van der Waals surface area contributed by atoms with Crippen molar-refractivity contribution in [3.8, 4) is 5.75 Å². The van der Waals surface area contributed by atoms with E-state index in [-0.39, 0.29) is 6.67 Å². The zero-order valence-corrected chi connectivity index (χ0v) is 19.7. The molecule has 3 aromatic rings. The van der Waals surface area contributed by atoms with E-state index in [1.807, 2.05) is 24.3 Å². The molecule has 2 aliphatic heterocycles. The van der Waals surface area contributed by atoms with E-state index < -0.39 is 46.6 Å². The maximum absolute atomic E-state index is 14.5. The lowest BCUT2D eigenvalue weighted by molar-refractivity contribution is -0.0548. The van der Waals surface area contributed by atoms with E-state index in [9.17, 15) is 27.9 Å². The fourth-order valence-corrected chi connectivity index (χ4v) is 5.65. The third-order valence-corrected chi connectivity index (χ3v) is 7.73. The predicted octanol–water partition coefficient (Wildman–Crippen LogP) is 4.48. The number of aromatic hydroxyl groups is 1. The van der Waals surface area contributed by atoms with Crippen molar-refractivity contribution in [1.82, 2.24) is 9.58 Å². The molecule has 1 aromatic heterocycles. The Morgan fingerprint density at radius 1 is 1.11 bits per heavy atom. The van der Waals surface area contributed by atoms with Crippen molar-refractivity contribution >= 4 is 17.7 Å². The topological polar surface area (TPSA) is 65.8 Å². The molecule has 182 valence electrons. The van der Waals surface area contributed by atoms with E-state index in [1.165, 1.54) is 41.7 Å². The van der Waals surface area contributed by atoms with Crippen molar-refractivity contribution in [2.75, 3.05) is 11.7 Å². The quantitative estimate of drug-likeness (QED) is 0.573. The molecule has 35 heavy (non-hydrogen) atoms. The Kier molecular flexibility index (Phi) is 5.58. The van der Waals surface area contributed by atoms with Crippen LogP contribution in [0.2, 0.25) is 0 Å². The van der Waals surface area contributed by atoms with Gasteiger partial charge in [-0.1, -0.05) is 24.3 Å². The van der Waals surface area contributed by atoms with Gasteiger partial charge in [-0.05, 0) is 41.8 Å². The second-order valence-electron chi connectivity index (χ2n) is 8.78. The molecule has 0 aliphatic carbocycles. The summed E-state index contributed by atoms with van der Waals surface area (Å²) >= 11 is 1.52. The number of hydrogen-bond acceptors (Lipinski definition) is 5. The number of amides is 1. The van der Waals surface area contributed by atoms with Crippen LogP contribution in [-0.2, 0) is 5.75 Å². The van der Waals surface area contributed by atoms with Crippen molar-refractivity contribution in [3.63, 3.8) is 0 Å². The van der Waals surface area contributed by atoms with Crippen molar-refractivity contribution in [2.45, 2.75) is 42.5 Å². The Balaban J connectivity index is 1.79. The normalized spacial score (nSPS) is 18.4. The minimum Gasteiger partial charge on any atom is -0.502 e. The van der Waals surface area contributed by atoms with Gasteiger partial charge in [0.25, 0.3) is 11.8 Å². The summed E-state index contributed by atoms with van der Waals surface area (Å²) in [5.74, 6) is -4.82. The van der Waals surface area contributed by atoms with Crippen LogP contribution in [0.25, 0.3) is 0 Å². The Morgan fingerprint density at radius 2 is 1.86 bits per heavy atom. The van der Waals surface area contributed by atoms with Gasteiger partial charge in [-0.15, -0.1) is 11.8 Å². The number of carbonyl (C=O) groups is 1. The molecule has 3 heterocycles. The third kappa shape index (κ3) is 3.85. The van der Waals surface area contributed by atoms with E-state index >= 15 is 0 Å². The van der Waals surface area contributed by atoms with Crippen LogP contribution in [0.4, 0.5) is 13.2 Å². The van der Waals surface area contributed by atoms with Crippen molar-refractivity contribution in [3.05, 3.63) is 93.2 Å². The molecule has 2 aromatic carbocycles. The van der Waals surface area contributed by atoms with Crippen LogP contribution in [-0.4, -0.2) is 39.2 Å². The van der Waals surface area contributed by atoms with Crippen LogP contribution in [0, 0.1) is 5.82 Å². The van der Waals surface area contributed by atoms with Gasteiger partial charge in [-0.2, -0.15) is 0 Å². The highest BCUT2D eigenvalue weighted by Crippen LogP contribution is 2.43. The molecule has 0 saturated carbocycles. The van der Waals surface area contributed by atoms with E-state index in [1.54, 1.807) is 11.1 Å². The fraction of sp³-hybridized carbons (Fsp3) is 0.280. The van der Waals surface area contributed by atoms with Gasteiger partial charge < -0.3 is 10.0 Å². The number of rotatable bonds is 3. The largest absolute Gasteiger partial charge is 0.502 e. The van der Waals surface area contributed by atoms with Crippen LogP contribution in [0.15, 0.2) is 64.4 Å². The molecule has 0 unspecified atom stereocenters. The van der Waals surface area contributed by atoms with E-state index in [0.29, 0.717) is 18.2 Å². The molecule has 0 radical (unpaired) electrons. The second kappa shape index (κ2) is 8.37. The molecule has 5 rings (SSSR count). The maximum Gasteiger partial charge on any atom is 0.278 e. The number of aromatic nitrogens is 1. The number of benzene rings is 2. The number of fused-ring (bicyclic) bond motifs is 3. The first kappa shape index (κ1) is 23.3. The number of carbonyl (C=O) groups excluding carboxylic acids is 1. The summed E-state index contributed by atoms with van der Waals surface area (Å²) in [6.07, 6.45) is 1.33. The minimum atomic E-state index is -3.25. The molecule has 6 nitrogen and oxygen atoms in total. The molecule has 0 saturated heterocycles. The van der Waals surface area contributed by atoms with Gasteiger partial charge in [0.05, 0.1) is 12.1 Å². The molecule has 1 N–H and O–H groups in total. The highest BCUT2D eigenvalue weighted by molar-refractivity contribution is 7.98. The molecular formula is C25H22F3N3O3S. The number of thioether (sulfide) groups is 1. The van der Waals surface area contributed by atoms with Gasteiger partial charge in [0.2, 0.25) is 5.43 Å². The monoisotopic (exact) mass is 501 g/mol. The first-order valence-electron chi connectivity index (χ1n) is 11.0.